The van der Waals surface area contributed by atoms with Gasteiger partial charge in [0.05, 0.1) is 19.3 Å². The molecule has 0 bridgehead atoms. The van der Waals surface area contributed by atoms with Crippen molar-refractivity contribution in [1.29, 1.82) is 0 Å². The highest BCUT2D eigenvalue weighted by atomic mass is 19.1. The molecule has 0 atom stereocenters. The van der Waals surface area contributed by atoms with E-state index in [-0.39, 0.29) is 18.3 Å². The molecule has 6 heteroatoms. The van der Waals surface area contributed by atoms with E-state index in [0.29, 0.717) is 29.1 Å². The number of ether oxygens (including phenoxy) is 1. The summed E-state index contributed by atoms with van der Waals surface area (Å²) in [7, 11) is 1.58. The summed E-state index contributed by atoms with van der Waals surface area (Å²) in [6.07, 6.45) is 1.63. The number of carbonyl (C=O) groups excluding carboxylic acids is 1. The minimum Gasteiger partial charge on any atom is -0.497 e. The molecule has 0 aliphatic heterocycles. The van der Waals surface area contributed by atoms with Crippen LogP contribution < -0.4 is 15.8 Å². The number of amides is 1. The van der Waals surface area contributed by atoms with Crippen molar-refractivity contribution in [2.24, 2.45) is 5.73 Å². The van der Waals surface area contributed by atoms with Gasteiger partial charge in [-0.3, -0.25) is 9.78 Å². The number of aromatic nitrogens is 1. The number of nitrogens with two attached hydrogens (primary N) is 1. The van der Waals surface area contributed by atoms with Crippen LogP contribution in [0.1, 0.15) is 32.7 Å². The van der Waals surface area contributed by atoms with Gasteiger partial charge >= 0.3 is 0 Å². The second-order valence-electron chi connectivity index (χ2n) is 6.91. The Balaban J connectivity index is 1.88. The molecule has 29 heavy (non-hydrogen) atoms. The maximum atomic E-state index is 13.8. The van der Waals surface area contributed by atoms with E-state index in [1.165, 1.54) is 6.07 Å². The van der Waals surface area contributed by atoms with Gasteiger partial charge in [-0.1, -0.05) is 0 Å². The molecule has 1 amide bonds. The predicted octanol–water partition coefficient (Wildman–Crippen LogP) is 3.90. The predicted molar refractivity (Wildman–Crippen MR) is 111 cm³/mol. The summed E-state index contributed by atoms with van der Waals surface area (Å²) < 4.78 is 19.0. The maximum absolute atomic E-state index is 13.8. The van der Waals surface area contributed by atoms with E-state index in [1.54, 1.807) is 50.6 Å². The first-order valence-electron chi connectivity index (χ1n) is 9.29. The van der Waals surface area contributed by atoms with Crippen molar-refractivity contribution in [3.63, 3.8) is 0 Å². The number of rotatable bonds is 6. The minimum atomic E-state index is -0.245. The topological polar surface area (TPSA) is 77.2 Å². The standard InChI is InChI=1S/C23H24FN3O2/c1-14-7-22(24)15(2)6-21(14)17-8-16(12-25)9-18(10-17)23(28)27-13-19-11-20(29-3)4-5-26-19/h4-11H,12-13,25H2,1-3H3,(H,27,28). The molecule has 3 aromatic rings. The third kappa shape index (κ3) is 4.78. The number of benzene rings is 2. The lowest BCUT2D eigenvalue weighted by Gasteiger charge is -2.13. The second kappa shape index (κ2) is 8.84. The Morgan fingerprint density at radius 2 is 1.93 bits per heavy atom. The molecular weight excluding hydrogens is 369 g/mol. The van der Waals surface area contributed by atoms with Crippen molar-refractivity contribution in [1.82, 2.24) is 10.3 Å². The van der Waals surface area contributed by atoms with Crippen LogP contribution in [0.3, 0.4) is 0 Å². The summed E-state index contributed by atoms with van der Waals surface area (Å²) >= 11 is 0. The molecule has 1 heterocycles. The van der Waals surface area contributed by atoms with Crippen molar-refractivity contribution in [2.75, 3.05) is 7.11 Å². The second-order valence-corrected chi connectivity index (χ2v) is 6.91. The first-order valence-corrected chi connectivity index (χ1v) is 9.29. The van der Waals surface area contributed by atoms with Gasteiger partial charge in [0.2, 0.25) is 0 Å². The Morgan fingerprint density at radius 1 is 1.14 bits per heavy atom. The lowest BCUT2D eigenvalue weighted by molar-refractivity contribution is 0.0950. The molecule has 0 saturated carbocycles. The summed E-state index contributed by atoms with van der Waals surface area (Å²) in [5.41, 5.74) is 10.9. The molecule has 5 nitrogen and oxygen atoms in total. The van der Waals surface area contributed by atoms with Gasteiger partial charge in [-0.05, 0) is 78.1 Å². The number of carbonyl (C=O) groups is 1. The van der Waals surface area contributed by atoms with Crippen LogP contribution in [-0.4, -0.2) is 18.0 Å². The maximum Gasteiger partial charge on any atom is 0.251 e. The molecule has 2 aromatic carbocycles. The summed E-state index contributed by atoms with van der Waals surface area (Å²) in [4.78, 5) is 17.0. The minimum absolute atomic E-state index is 0.234. The van der Waals surface area contributed by atoms with Crippen LogP contribution in [0.25, 0.3) is 11.1 Å². The fourth-order valence-corrected chi connectivity index (χ4v) is 3.14. The van der Waals surface area contributed by atoms with E-state index in [0.717, 1.165) is 22.3 Å². The number of halogens is 1. The van der Waals surface area contributed by atoms with Crippen molar-refractivity contribution >= 4 is 5.91 Å². The molecule has 3 rings (SSSR count). The van der Waals surface area contributed by atoms with Crippen LogP contribution in [0.4, 0.5) is 4.39 Å². The number of aryl methyl sites for hydroxylation is 2. The monoisotopic (exact) mass is 393 g/mol. The van der Waals surface area contributed by atoms with Crippen molar-refractivity contribution in [3.8, 4) is 16.9 Å². The summed E-state index contributed by atoms with van der Waals surface area (Å²) in [6.45, 7) is 4.14. The lowest BCUT2D eigenvalue weighted by Crippen LogP contribution is -2.23. The highest BCUT2D eigenvalue weighted by molar-refractivity contribution is 5.95. The normalized spacial score (nSPS) is 10.7. The average Bonchev–Trinajstić information content (AvgIpc) is 2.74. The molecule has 0 spiro atoms. The SMILES string of the molecule is COc1ccnc(CNC(=O)c2cc(CN)cc(-c3cc(C)c(F)cc3C)c2)c1. The smallest absolute Gasteiger partial charge is 0.251 e. The third-order valence-electron chi connectivity index (χ3n) is 4.76. The highest BCUT2D eigenvalue weighted by Gasteiger charge is 2.13. The van der Waals surface area contributed by atoms with E-state index in [1.807, 2.05) is 13.0 Å². The van der Waals surface area contributed by atoms with Crippen LogP contribution in [-0.2, 0) is 13.1 Å². The number of hydrogen-bond donors (Lipinski definition) is 2. The van der Waals surface area contributed by atoms with Crippen LogP contribution >= 0.6 is 0 Å². The quantitative estimate of drug-likeness (QED) is 0.666. The summed E-state index contributed by atoms with van der Waals surface area (Å²) in [6, 6.07) is 12.3. The molecular formula is C23H24FN3O2. The van der Waals surface area contributed by atoms with Gasteiger partial charge < -0.3 is 15.8 Å². The number of pyridine rings is 1. The van der Waals surface area contributed by atoms with Crippen molar-refractivity contribution in [3.05, 3.63) is 82.4 Å². The number of hydrogen-bond acceptors (Lipinski definition) is 4. The first kappa shape index (κ1) is 20.5. The number of methoxy groups -OCH3 is 1. The zero-order chi connectivity index (χ0) is 21.0. The lowest BCUT2D eigenvalue weighted by atomic mass is 9.94. The molecule has 0 saturated heterocycles. The van der Waals surface area contributed by atoms with Crippen molar-refractivity contribution in [2.45, 2.75) is 26.9 Å². The highest BCUT2D eigenvalue weighted by Crippen LogP contribution is 2.28. The Kier molecular flexibility index (Phi) is 6.24. The Labute approximate surface area is 169 Å². The fourth-order valence-electron chi connectivity index (χ4n) is 3.14. The molecule has 150 valence electrons. The Hall–Kier alpha value is -3.25. The van der Waals surface area contributed by atoms with Crippen LogP contribution in [0.2, 0.25) is 0 Å². The van der Waals surface area contributed by atoms with Gasteiger partial charge in [0.15, 0.2) is 0 Å². The van der Waals surface area contributed by atoms with Gasteiger partial charge in [-0.15, -0.1) is 0 Å². The van der Waals surface area contributed by atoms with Crippen LogP contribution in [0.5, 0.6) is 5.75 Å². The molecule has 1 aromatic heterocycles. The summed E-state index contributed by atoms with van der Waals surface area (Å²) in [5, 5.41) is 2.87. The van der Waals surface area contributed by atoms with E-state index in [4.69, 9.17) is 10.5 Å². The summed E-state index contributed by atoms with van der Waals surface area (Å²) in [5.74, 6) is 0.200. The zero-order valence-corrected chi connectivity index (χ0v) is 16.8. The van der Waals surface area contributed by atoms with Gasteiger partial charge in [-0.25, -0.2) is 4.39 Å². The molecule has 0 fully saturated rings. The molecule has 0 aliphatic rings. The van der Waals surface area contributed by atoms with Gasteiger partial charge in [0.1, 0.15) is 11.6 Å². The van der Waals surface area contributed by atoms with Crippen LogP contribution in [0, 0.1) is 19.7 Å². The van der Waals surface area contributed by atoms with Gasteiger partial charge in [-0.2, -0.15) is 0 Å². The molecule has 0 radical (unpaired) electrons. The first-order chi connectivity index (χ1) is 13.9. The molecule has 0 aliphatic carbocycles. The van der Waals surface area contributed by atoms with E-state index >= 15 is 0 Å². The molecule has 3 N–H and O–H groups in total. The van der Waals surface area contributed by atoms with Crippen molar-refractivity contribution < 1.29 is 13.9 Å². The number of nitrogens with zero attached hydrogens (tertiary/aromatic N) is 1. The van der Waals surface area contributed by atoms with E-state index in [2.05, 4.69) is 10.3 Å². The van der Waals surface area contributed by atoms with Crippen LogP contribution in [0.15, 0.2) is 48.7 Å². The average molecular weight is 393 g/mol. The zero-order valence-electron chi connectivity index (χ0n) is 16.8. The number of nitrogens with one attached hydrogen (secondary N) is 1. The van der Waals surface area contributed by atoms with E-state index in [9.17, 15) is 9.18 Å². The van der Waals surface area contributed by atoms with Gasteiger partial charge in [0, 0.05) is 24.4 Å². The van der Waals surface area contributed by atoms with Gasteiger partial charge in [0.25, 0.3) is 5.91 Å². The Bertz CT molecular complexity index is 1050. The fraction of sp³-hybridized carbons (Fsp3) is 0.217. The Morgan fingerprint density at radius 3 is 2.66 bits per heavy atom. The largest absolute Gasteiger partial charge is 0.497 e. The third-order valence-corrected chi connectivity index (χ3v) is 4.76. The molecule has 0 unspecified atom stereocenters. The van der Waals surface area contributed by atoms with E-state index < -0.39 is 0 Å².